The van der Waals surface area contributed by atoms with Gasteiger partial charge in [-0.1, -0.05) is 23.0 Å². The van der Waals surface area contributed by atoms with Gasteiger partial charge in [-0.3, -0.25) is 29.0 Å². The first-order valence-corrected chi connectivity index (χ1v) is 20.7. The molecule has 2 saturated heterocycles. The molecule has 2 aromatic heterocycles. The number of carboxylic acid groups (broad SMARTS) is 4. The highest BCUT2D eigenvalue weighted by Gasteiger charge is 2.56. The van der Waals surface area contributed by atoms with E-state index in [1.54, 1.807) is 6.92 Å². The average Bonchev–Trinajstić information content (AvgIpc) is 3.85. The molecule has 0 saturated carbocycles. The largest absolute Gasteiger partial charge is 0.479 e. The number of oxime groups is 2. The summed E-state index contributed by atoms with van der Waals surface area (Å²) in [7, 11) is 0. The molecule has 6 rings (SSSR count). The van der Waals surface area contributed by atoms with Crippen molar-refractivity contribution in [1.29, 1.82) is 0 Å². The summed E-state index contributed by atoms with van der Waals surface area (Å²) in [6.45, 7) is 3.37. The summed E-state index contributed by atoms with van der Waals surface area (Å²) in [5, 5.41) is 54.4. The lowest BCUT2D eigenvalue weighted by molar-refractivity contribution is -0.150. The highest BCUT2D eigenvalue weighted by Crippen LogP contribution is 2.42. The number of thioether (sulfide) groups is 2. The van der Waals surface area contributed by atoms with E-state index in [9.17, 15) is 48.6 Å². The van der Waals surface area contributed by atoms with Crippen molar-refractivity contribution in [2.45, 2.75) is 35.8 Å². The van der Waals surface area contributed by atoms with Crippen molar-refractivity contribution in [3.63, 3.8) is 0 Å². The van der Waals surface area contributed by atoms with Crippen LogP contribution in [0.5, 0.6) is 0 Å². The van der Waals surface area contributed by atoms with E-state index in [1.165, 1.54) is 28.6 Å². The van der Waals surface area contributed by atoms with Gasteiger partial charge in [-0.2, -0.15) is 0 Å². The van der Waals surface area contributed by atoms with Gasteiger partial charge in [-0.15, -0.1) is 46.2 Å². The molecule has 0 spiro atoms. The molecule has 0 aromatic carbocycles. The van der Waals surface area contributed by atoms with E-state index in [1.807, 2.05) is 0 Å². The Morgan fingerprint density at radius 2 is 1.35 bits per heavy atom. The van der Waals surface area contributed by atoms with E-state index in [0.29, 0.717) is 5.57 Å². The second kappa shape index (κ2) is 17.8. The maximum atomic E-state index is 13.5. The minimum absolute atomic E-state index is 0.0505. The van der Waals surface area contributed by atoms with Crippen LogP contribution in [0.1, 0.15) is 18.3 Å². The molecule has 2 aromatic rings. The van der Waals surface area contributed by atoms with Crippen LogP contribution in [0.2, 0.25) is 0 Å². The average molecular weight is 907 g/mol. The third-order valence-electron chi connectivity index (χ3n) is 8.71. The Balaban J connectivity index is 1.16. The number of fused-ring (bicyclic) bond motifs is 2. The fourth-order valence-corrected chi connectivity index (χ4v) is 10.2. The third kappa shape index (κ3) is 8.60. The van der Waals surface area contributed by atoms with Crippen LogP contribution >= 0.6 is 46.2 Å². The van der Waals surface area contributed by atoms with Crippen LogP contribution in [0, 0.1) is 0 Å². The Hall–Kier alpha value is -6.52. The summed E-state index contributed by atoms with van der Waals surface area (Å²) >= 11 is 4.24. The zero-order valence-electron chi connectivity index (χ0n) is 30.4. The number of amides is 4. The molecule has 4 aliphatic rings. The molecule has 60 heavy (non-hydrogen) atoms. The highest BCUT2D eigenvalue weighted by molar-refractivity contribution is 8.00. The molecule has 4 aliphatic heterocycles. The van der Waals surface area contributed by atoms with Gasteiger partial charge in [0.1, 0.15) is 45.6 Å². The zero-order valence-corrected chi connectivity index (χ0v) is 33.7. The molecule has 3 unspecified atom stereocenters. The lowest BCUT2D eigenvalue weighted by Gasteiger charge is -2.50. The van der Waals surface area contributed by atoms with E-state index in [2.05, 4.69) is 42.8 Å². The number of rotatable bonds is 18. The van der Waals surface area contributed by atoms with Crippen LogP contribution in [-0.4, -0.2) is 153 Å². The molecular weight excluding hydrogens is 877 g/mol. The van der Waals surface area contributed by atoms with Crippen LogP contribution < -0.4 is 21.7 Å². The standard InChI is InChI=1S/C32H30N10O14S4/c1-3-11-6-57-27-19(25(49)41(27)21(11)29(51)52)37-24(48)18(40-56-5-16(45)46)14-9-60-32(36-14)34-10(2)12-7-58-28-20(26(50)42(28)22(12)30(53)54)38-23(47)17(39-55-4-15(43)44)13-8-59-31(33)35-13/h3,8-10,19-20,27-28H,1,4-7H2,2H3,(H2,33,35)(H,34,36)(H,37,48)(H,38,47)(H,43,44)(H,45,46)(H,51,52)(H,53,54)/b39-17-,40-18-/t10?,19-,20?,27-,28?/m1/s1. The number of hydrogen-bond acceptors (Lipinski definition) is 20. The number of aliphatic carboxylic acids is 4. The van der Waals surface area contributed by atoms with Crippen molar-refractivity contribution in [2.24, 2.45) is 10.3 Å². The summed E-state index contributed by atoms with van der Waals surface area (Å²) < 4.78 is 0. The smallest absolute Gasteiger partial charge is 0.352 e. The Kier molecular flexibility index (Phi) is 12.8. The second-order valence-corrected chi connectivity index (χ2v) is 16.4. The third-order valence-corrected chi connectivity index (χ3v) is 12.8. The van der Waals surface area contributed by atoms with Crippen LogP contribution in [0.4, 0.5) is 10.3 Å². The van der Waals surface area contributed by atoms with Crippen LogP contribution in [0.15, 0.2) is 56.3 Å². The quantitative estimate of drug-likeness (QED) is 0.0503. The minimum Gasteiger partial charge on any atom is -0.479 e. The first-order chi connectivity index (χ1) is 28.5. The first kappa shape index (κ1) is 43.1. The lowest BCUT2D eigenvalue weighted by Crippen LogP contribution is -2.71. The van der Waals surface area contributed by atoms with E-state index >= 15 is 0 Å². The minimum atomic E-state index is -1.45. The molecule has 316 valence electrons. The van der Waals surface area contributed by atoms with Gasteiger partial charge in [-0.05, 0) is 18.1 Å². The van der Waals surface area contributed by atoms with Crippen molar-refractivity contribution in [2.75, 3.05) is 35.8 Å². The Labute approximate surface area is 352 Å². The lowest BCUT2D eigenvalue weighted by atomic mass is 9.99. The van der Waals surface area contributed by atoms with E-state index in [4.69, 9.17) is 25.6 Å². The summed E-state index contributed by atoms with van der Waals surface area (Å²) in [4.78, 5) is 120. The van der Waals surface area contributed by atoms with Gasteiger partial charge in [-0.25, -0.2) is 29.1 Å². The fraction of sp³-hybridized carbons (Fsp3) is 0.312. The number of nitrogens with one attached hydrogen (secondary N) is 3. The predicted octanol–water partition coefficient (Wildman–Crippen LogP) is -1.04. The number of anilines is 2. The SMILES string of the molecule is C=CC1=C(C(=O)O)N2C(=O)[C@@H](NC(=O)/C(=N\OCC(=O)O)c3csc(NC(C)C4=C(C(=O)O)N5C(=O)C(NC(=O)/C(=N\OCC(=O)O)c6csc(N)n6)C5SC4)n3)[C@H]2SC1. The number of nitrogen functional groups attached to an aromatic ring is 1. The van der Waals surface area contributed by atoms with Gasteiger partial charge >= 0.3 is 23.9 Å². The van der Waals surface area contributed by atoms with Crippen LogP contribution in [0.25, 0.3) is 0 Å². The number of allylic oxidation sites excluding steroid dienone is 1. The summed E-state index contributed by atoms with van der Waals surface area (Å²) in [6.07, 6.45) is 1.33. The monoisotopic (exact) mass is 906 g/mol. The zero-order chi connectivity index (χ0) is 43.6. The second-order valence-electron chi connectivity index (χ2n) is 12.5. The molecule has 4 amide bonds. The van der Waals surface area contributed by atoms with Gasteiger partial charge in [0.15, 0.2) is 21.7 Å². The molecule has 2 fully saturated rings. The number of carboxylic acids is 4. The van der Waals surface area contributed by atoms with Crippen molar-refractivity contribution in [3.05, 3.63) is 57.3 Å². The number of nitrogens with zero attached hydrogens (tertiary/aromatic N) is 6. The maximum absolute atomic E-state index is 13.5. The normalized spacial score (nSPS) is 21.8. The number of carbonyl (C=O) groups is 8. The van der Waals surface area contributed by atoms with Crippen molar-refractivity contribution in [1.82, 2.24) is 30.4 Å². The van der Waals surface area contributed by atoms with Gasteiger partial charge in [0.2, 0.25) is 13.2 Å². The van der Waals surface area contributed by atoms with Gasteiger partial charge in [0, 0.05) is 22.3 Å². The topological polar surface area (TPSA) is 355 Å². The Bertz CT molecular complexity index is 2340. The maximum Gasteiger partial charge on any atom is 0.352 e. The summed E-state index contributed by atoms with van der Waals surface area (Å²) in [5.74, 6) is -8.77. The molecule has 5 atom stereocenters. The highest BCUT2D eigenvalue weighted by atomic mass is 32.2. The Morgan fingerprint density at radius 1 is 0.850 bits per heavy atom. The molecule has 0 radical (unpaired) electrons. The van der Waals surface area contributed by atoms with Crippen LogP contribution in [-0.2, 0) is 48.0 Å². The van der Waals surface area contributed by atoms with Gasteiger partial charge in [0.25, 0.3) is 23.6 Å². The van der Waals surface area contributed by atoms with Crippen molar-refractivity contribution in [3.8, 4) is 0 Å². The van der Waals surface area contributed by atoms with Gasteiger partial charge in [0.05, 0.1) is 6.04 Å². The predicted molar refractivity (Wildman–Crippen MR) is 212 cm³/mol. The molecular formula is C32H30N10O14S4. The van der Waals surface area contributed by atoms with E-state index in [0.717, 1.165) is 44.2 Å². The number of nitrogens with two attached hydrogens (primary N) is 1. The number of thiazole rings is 2. The molecule has 24 nitrogen and oxygen atoms in total. The number of hydrogen-bond donors (Lipinski definition) is 8. The molecule has 6 heterocycles. The van der Waals surface area contributed by atoms with Crippen molar-refractivity contribution < 1.29 is 68.5 Å². The summed E-state index contributed by atoms with van der Waals surface area (Å²) in [6, 6.07) is -3.20. The number of carbonyl (C=O) groups excluding carboxylic acids is 4. The fourth-order valence-electron chi connectivity index (χ4n) is 6.02. The molecule has 0 aliphatic carbocycles. The van der Waals surface area contributed by atoms with E-state index in [-0.39, 0.29) is 50.1 Å². The molecule has 28 heteroatoms. The van der Waals surface area contributed by atoms with E-state index < -0.39 is 101 Å². The number of β-lactam (4-membered cyclic amide) rings is 2. The molecule has 0 bridgehead atoms. The Morgan fingerprint density at radius 3 is 1.83 bits per heavy atom. The first-order valence-electron chi connectivity index (χ1n) is 16.9. The van der Waals surface area contributed by atoms with Gasteiger partial charge < -0.3 is 51.8 Å². The van der Waals surface area contributed by atoms with Crippen molar-refractivity contribution >= 4 is 115 Å². The van der Waals surface area contributed by atoms with Crippen LogP contribution in [0.3, 0.4) is 0 Å². The number of aromatic nitrogens is 2. The molecule has 9 N–H and O–H groups in total. The summed E-state index contributed by atoms with van der Waals surface area (Å²) in [5.41, 5.74) is 4.46.